The van der Waals surface area contributed by atoms with E-state index in [0.717, 1.165) is 4.90 Å². The molecule has 1 aliphatic heterocycles. The Bertz CT molecular complexity index is 1110. The summed E-state index contributed by atoms with van der Waals surface area (Å²) in [7, 11) is 0. The van der Waals surface area contributed by atoms with Gasteiger partial charge < -0.3 is 10.1 Å². The molecule has 2 aromatic carbocycles. The number of hydrogen-bond acceptors (Lipinski definition) is 5. The van der Waals surface area contributed by atoms with Crippen LogP contribution in [0.5, 0.6) is 0 Å². The summed E-state index contributed by atoms with van der Waals surface area (Å²) in [4.78, 5) is 52.0. The van der Waals surface area contributed by atoms with Crippen LogP contribution in [0, 0.1) is 23.7 Å². The minimum Gasteiger partial charge on any atom is -0.452 e. The van der Waals surface area contributed by atoms with E-state index in [9.17, 15) is 19.2 Å². The lowest BCUT2D eigenvalue weighted by molar-refractivity contribution is -0.123. The number of esters is 1. The van der Waals surface area contributed by atoms with Crippen LogP contribution in [0.4, 0.5) is 11.4 Å². The maximum Gasteiger partial charge on any atom is 0.338 e. The number of alkyl halides is 2. The number of hydrogen-bond donors (Lipinski definition) is 1. The lowest BCUT2D eigenvalue weighted by Crippen LogP contribution is -2.37. The highest BCUT2D eigenvalue weighted by molar-refractivity contribution is 6.32. The number of anilines is 2. The fourth-order valence-corrected chi connectivity index (χ4v) is 6.20. The van der Waals surface area contributed by atoms with Gasteiger partial charge in [-0.25, -0.2) is 4.79 Å². The predicted octanol–water partition coefficient (Wildman–Crippen LogP) is 3.45. The molecule has 2 aromatic rings. The van der Waals surface area contributed by atoms with Gasteiger partial charge in [0.25, 0.3) is 5.91 Å². The standard InChI is InChI=1S/C24H20Cl2N2O5/c25-20-15-10-16(21(20)26)19-18(15)22(30)28(23(19)31)14-8-4-5-12(9-14)24(32)33-11-17(29)27-13-6-2-1-3-7-13/h1-9,15-16,18-21H,10-11H2,(H,27,29)/t15-,16-,18-,19+,20+,21+/m1/s1. The number of imide groups is 1. The summed E-state index contributed by atoms with van der Waals surface area (Å²) in [5.41, 5.74) is 1.01. The van der Waals surface area contributed by atoms with Gasteiger partial charge in [-0.3, -0.25) is 19.3 Å². The number of para-hydroxylation sites is 1. The molecule has 9 heteroatoms. The van der Waals surface area contributed by atoms with Crippen LogP contribution < -0.4 is 10.2 Å². The molecule has 0 radical (unpaired) electrons. The van der Waals surface area contributed by atoms with Crippen LogP contribution in [0.15, 0.2) is 54.6 Å². The minimum atomic E-state index is -0.735. The topological polar surface area (TPSA) is 92.8 Å². The highest BCUT2D eigenvalue weighted by atomic mass is 35.5. The van der Waals surface area contributed by atoms with E-state index in [-0.39, 0.29) is 40.0 Å². The molecule has 0 unspecified atom stereocenters. The maximum atomic E-state index is 13.1. The number of amides is 3. The van der Waals surface area contributed by atoms with Crippen LogP contribution in [-0.2, 0) is 19.1 Å². The summed E-state index contributed by atoms with van der Waals surface area (Å²) in [5.74, 6) is -3.02. The van der Waals surface area contributed by atoms with Crippen molar-refractivity contribution in [3.63, 3.8) is 0 Å². The van der Waals surface area contributed by atoms with Crippen molar-refractivity contribution in [3.05, 3.63) is 60.2 Å². The summed E-state index contributed by atoms with van der Waals surface area (Å²) < 4.78 is 5.11. The third-order valence-electron chi connectivity index (χ3n) is 6.72. The molecule has 1 heterocycles. The molecule has 3 aliphatic rings. The molecule has 0 spiro atoms. The Labute approximate surface area is 200 Å². The molecule has 2 aliphatic carbocycles. The van der Waals surface area contributed by atoms with E-state index >= 15 is 0 Å². The Balaban J connectivity index is 1.28. The number of carbonyl (C=O) groups is 4. The number of ether oxygens (including phenoxy) is 1. The van der Waals surface area contributed by atoms with Gasteiger partial charge in [-0.2, -0.15) is 0 Å². The lowest BCUT2D eigenvalue weighted by atomic mass is 9.80. The second kappa shape index (κ2) is 8.47. The average Bonchev–Trinajstić information content (AvgIpc) is 3.43. The van der Waals surface area contributed by atoms with E-state index in [2.05, 4.69) is 5.32 Å². The zero-order valence-electron chi connectivity index (χ0n) is 17.3. The molecule has 33 heavy (non-hydrogen) atoms. The number of nitrogens with one attached hydrogen (secondary N) is 1. The minimum absolute atomic E-state index is 0.123. The van der Waals surface area contributed by atoms with Crippen molar-refractivity contribution in [2.45, 2.75) is 17.2 Å². The van der Waals surface area contributed by atoms with Gasteiger partial charge in [0, 0.05) is 5.69 Å². The summed E-state index contributed by atoms with van der Waals surface area (Å²) in [6.07, 6.45) is 0.681. The molecule has 0 aromatic heterocycles. The van der Waals surface area contributed by atoms with Crippen molar-refractivity contribution < 1.29 is 23.9 Å². The smallest absolute Gasteiger partial charge is 0.338 e. The van der Waals surface area contributed by atoms with Gasteiger partial charge >= 0.3 is 5.97 Å². The lowest BCUT2D eigenvalue weighted by Gasteiger charge is -2.28. The van der Waals surface area contributed by atoms with Crippen LogP contribution in [0.3, 0.4) is 0 Å². The first-order valence-corrected chi connectivity index (χ1v) is 11.5. The third kappa shape index (κ3) is 3.69. The second-order valence-electron chi connectivity index (χ2n) is 8.56. The van der Waals surface area contributed by atoms with Gasteiger partial charge in [0.1, 0.15) is 0 Å². The highest BCUT2D eigenvalue weighted by Crippen LogP contribution is 2.59. The van der Waals surface area contributed by atoms with E-state index in [0.29, 0.717) is 17.8 Å². The first-order valence-electron chi connectivity index (χ1n) is 10.6. The number of benzene rings is 2. The summed E-state index contributed by atoms with van der Waals surface area (Å²) in [6.45, 7) is -0.471. The van der Waals surface area contributed by atoms with Gasteiger partial charge in [-0.15, -0.1) is 23.2 Å². The summed E-state index contributed by atoms with van der Waals surface area (Å²) in [5, 5.41) is 1.95. The number of carbonyl (C=O) groups excluding carboxylic acids is 4. The van der Waals surface area contributed by atoms with Crippen molar-refractivity contribution in [1.29, 1.82) is 0 Å². The monoisotopic (exact) mass is 486 g/mol. The molecular formula is C24H20Cl2N2O5. The molecule has 170 valence electrons. The van der Waals surface area contributed by atoms with Gasteiger partial charge in [0.2, 0.25) is 11.8 Å². The largest absolute Gasteiger partial charge is 0.452 e. The SMILES string of the molecule is O=C(COC(=O)c1cccc(N2C(=O)[C@@H]3[C@H]4C[C@@H]([C@H](Cl)[C@H]4Cl)[C@@H]3C2=O)c1)Nc1ccccc1. The maximum absolute atomic E-state index is 13.1. The van der Waals surface area contributed by atoms with Gasteiger partial charge in [0.15, 0.2) is 6.61 Å². The van der Waals surface area contributed by atoms with Gasteiger partial charge in [-0.05, 0) is 48.6 Å². The fourth-order valence-electron chi connectivity index (χ4n) is 5.31. The Morgan fingerprint density at radius 1 is 0.939 bits per heavy atom. The van der Waals surface area contributed by atoms with Crippen molar-refractivity contribution in [1.82, 2.24) is 0 Å². The molecule has 6 atom stereocenters. The van der Waals surface area contributed by atoms with Crippen LogP contribution in [0.1, 0.15) is 16.8 Å². The first-order chi connectivity index (χ1) is 15.9. The van der Waals surface area contributed by atoms with Crippen molar-refractivity contribution >= 4 is 58.3 Å². The summed E-state index contributed by atoms with van der Waals surface area (Å²) in [6, 6.07) is 14.9. The fraction of sp³-hybridized carbons (Fsp3) is 0.333. The van der Waals surface area contributed by atoms with E-state index in [1.54, 1.807) is 36.4 Å². The number of rotatable bonds is 5. The van der Waals surface area contributed by atoms with E-state index in [1.165, 1.54) is 12.1 Å². The van der Waals surface area contributed by atoms with E-state index in [1.807, 2.05) is 6.07 Å². The normalized spacial score (nSPS) is 29.8. The molecule has 2 saturated carbocycles. The van der Waals surface area contributed by atoms with Gasteiger partial charge in [-0.1, -0.05) is 24.3 Å². The third-order valence-corrected chi connectivity index (χ3v) is 8.04. The van der Waals surface area contributed by atoms with Crippen molar-refractivity contribution in [2.75, 3.05) is 16.8 Å². The number of fused-ring (bicyclic) bond motifs is 5. The van der Waals surface area contributed by atoms with E-state index in [4.69, 9.17) is 27.9 Å². The first kappa shape index (κ1) is 21.9. The highest BCUT2D eigenvalue weighted by Gasteiger charge is 2.66. The molecule has 1 saturated heterocycles. The van der Waals surface area contributed by atoms with E-state index < -0.39 is 30.3 Å². The van der Waals surface area contributed by atoms with Crippen LogP contribution in [0.25, 0.3) is 0 Å². The molecule has 2 bridgehead atoms. The molecule has 7 nitrogen and oxygen atoms in total. The van der Waals surface area contributed by atoms with Gasteiger partial charge in [0.05, 0.1) is 33.8 Å². The Morgan fingerprint density at radius 3 is 2.21 bits per heavy atom. The predicted molar refractivity (Wildman–Crippen MR) is 122 cm³/mol. The zero-order valence-corrected chi connectivity index (χ0v) is 18.8. The molecule has 1 N–H and O–H groups in total. The average molecular weight is 487 g/mol. The molecule has 5 rings (SSSR count). The zero-order chi connectivity index (χ0) is 23.3. The van der Waals surface area contributed by atoms with Crippen LogP contribution in [0.2, 0.25) is 0 Å². The Hall–Kier alpha value is -2.90. The Morgan fingerprint density at radius 2 is 1.58 bits per heavy atom. The van der Waals surface area contributed by atoms with Crippen LogP contribution in [-0.4, -0.2) is 41.1 Å². The van der Waals surface area contributed by atoms with Crippen molar-refractivity contribution in [2.24, 2.45) is 23.7 Å². The quantitative estimate of drug-likeness (QED) is 0.396. The molecule has 3 amide bonds. The number of halogens is 2. The van der Waals surface area contributed by atoms with Crippen molar-refractivity contribution in [3.8, 4) is 0 Å². The molecular weight excluding hydrogens is 467 g/mol. The summed E-state index contributed by atoms with van der Waals surface area (Å²) >= 11 is 12.8. The van der Waals surface area contributed by atoms with Crippen LogP contribution >= 0.6 is 23.2 Å². The Kier molecular flexibility index (Phi) is 5.62. The molecule has 3 fully saturated rings. The second-order valence-corrected chi connectivity index (χ2v) is 9.56. The number of nitrogens with zero attached hydrogens (tertiary/aromatic N) is 1.